The number of para-hydroxylation sites is 1. The van der Waals surface area contributed by atoms with Crippen molar-refractivity contribution in [2.75, 3.05) is 37.1 Å². The monoisotopic (exact) mass is 299 g/mol. The third-order valence-electron chi connectivity index (χ3n) is 3.11. The fourth-order valence-corrected chi connectivity index (χ4v) is 2.73. The van der Waals surface area contributed by atoms with Crippen molar-refractivity contribution in [3.05, 3.63) is 29.8 Å². The van der Waals surface area contributed by atoms with E-state index in [1.807, 2.05) is 24.1 Å². The topological polar surface area (TPSA) is 63.7 Å². The Morgan fingerprint density at radius 1 is 1.30 bits per heavy atom. The average molecular weight is 299 g/mol. The molecule has 0 saturated carbocycles. The molecule has 0 bridgehead atoms. The van der Waals surface area contributed by atoms with E-state index in [2.05, 4.69) is 0 Å². The summed E-state index contributed by atoms with van der Waals surface area (Å²) in [5.74, 6) is -0.0717. The molecule has 20 heavy (non-hydrogen) atoms. The molecule has 5 nitrogen and oxygen atoms in total. The Hall–Kier alpha value is -1.56. The van der Waals surface area contributed by atoms with Gasteiger partial charge in [0.25, 0.3) is 0 Å². The zero-order chi connectivity index (χ0) is 15.2. The summed E-state index contributed by atoms with van der Waals surface area (Å²) >= 11 is 0. The summed E-state index contributed by atoms with van der Waals surface area (Å²) in [6.45, 7) is 2.21. The predicted octanol–water partition coefficient (Wildman–Crippen LogP) is 1.73. The second kappa shape index (κ2) is 7.28. The van der Waals surface area contributed by atoms with Crippen molar-refractivity contribution in [2.24, 2.45) is 0 Å². The van der Waals surface area contributed by atoms with Gasteiger partial charge in [0.2, 0.25) is 0 Å². The SMILES string of the molecule is CCS(=O)(=O)CCCN(C)c1ccccc1C(=O)OC. The third-order valence-corrected chi connectivity index (χ3v) is 4.90. The fraction of sp³-hybridized carbons (Fsp3) is 0.500. The van der Waals surface area contributed by atoms with Crippen LogP contribution in [-0.2, 0) is 14.6 Å². The summed E-state index contributed by atoms with van der Waals surface area (Å²) in [5.41, 5.74) is 1.23. The van der Waals surface area contributed by atoms with Gasteiger partial charge in [-0.1, -0.05) is 19.1 Å². The number of carbonyl (C=O) groups is 1. The highest BCUT2D eigenvalue weighted by Crippen LogP contribution is 2.20. The number of rotatable bonds is 7. The lowest BCUT2D eigenvalue weighted by molar-refractivity contribution is 0.0601. The lowest BCUT2D eigenvalue weighted by Crippen LogP contribution is -2.23. The van der Waals surface area contributed by atoms with Crippen LogP contribution in [0.5, 0.6) is 0 Å². The van der Waals surface area contributed by atoms with Crippen molar-refractivity contribution in [3.63, 3.8) is 0 Å². The van der Waals surface area contributed by atoms with E-state index in [0.29, 0.717) is 18.5 Å². The molecule has 0 radical (unpaired) electrons. The van der Waals surface area contributed by atoms with E-state index in [1.165, 1.54) is 7.11 Å². The van der Waals surface area contributed by atoms with E-state index < -0.39 is 15.8 Å². The summed E-state index contributed by atoms with van der Waals surface area (Å²) in [6, 6.07) is 7.12. The van der Waals surface area contributed by atoms with Crippen LogP contribution >= 0.6 is 0 Å². The maximum absolute atomic E-state index is 11.7. The van der Waals surface area contributed by atoms with E-state index in [4.69, 9.17) is 4.74 Å². The fourth-order valence-electron chi connectivity index (χ4n) is 1.88. The van der Waals surface area contributed by atoms with Crippen LogP contribution in [0.4, 0.5) is 5.69 Å². The molecule has 1 aromatic carbocycles. The number of methoxy groups -OCH3 is 1. The second-order valence-electron chi connectivity index (χ2n) is 4.52. The summed E-state index contributed by atoms with van der Waals surface area (Å²) < 4.78 is 27.6. The number of esters is 1. The van der Waals surface area contributed by atoms with Gasteiger partial charge >= 0.3 is 5.97 Å². The number of anilines is 1. The van der Waals surface area contributed by atoms with Gasteiger partial charge in [0.1, 0.15) is 9.84 Å². The normalized spacial score (nSPS) is 11.2. The Morgan fingerprint density at radius 3 is 2.55 bits per heavy atom. The van der Waals surface area contributed by atoms with Crippen molar-refractivity contribution in [2.45, 2.75) is 13.3 Å². The van der Waals surface area contributed by atoms with Gasteiger partial charge in [-0.3, -0.25) is 0 Å². The molecule has 0 aromatic heterocycles. The smallest absolute Gasteiger partial charge is 0.339 e. The van der Waals surface area contributed by atoms with Crippen LogP contribution in [0.2, 0.25) is 0 Å². The van der Waals surface area contributed by atoms with Gasteiger partial charge in [0.15, 0.2) is 0 Å². The number of carbonyl (C=O) groups excluding carboxylic acids is 1. The molecule has 0 spiro atoms. The lowest BCUT2D eigenvalue weighted by atomic mass is 10.1. The van der Waals surface area contributed by atoms with Gasteiger partial charge in [0.05, 0.1) is 24.1 Å². The zero-order valence-electron chi connectivity index (χ0n) is 12.1. The van der Waals surface area contributed by atoms with Crippen molar-refractivity contribution in [1.82, 2.24) is 0 Å². The van der Waals surface area contributed by atoms with E-state index >= 15 is 0 Å². The molecule has 0 aliphatic carbocycles. The number of hydrogen-bond acceptors (Lipinski definition) is 5. The van der Waals surface area contributed by atoms with Gasteiger partial charge < -0.3 is 9.64 Å². The third kappa shape index (κ3) is 4.52. The number of sulfone groups is 1. The second-order valence-corrected chi connectivity index (χ2v) is 6.99. The van der Waals surface area contributed by atoms with Gasteiger partial charge in [0, 0.05) is 19.3 Å². The van der Waals surface area contributed by atoms with Gasteiger partial charge in [-0.05, 0) is 18.6 Å². The number of hydrogen-bond donors (Lipinski definition) is 0. The highest BCUT2D eigenvalue weighted by molar-refractivity contribution is 7.91. The van der Waals surface area contributed by atoms with E-state index in [9.17, 15) is 13.2 Å². The number of ether oxygens (including phenoxy) is 1. The lowest BCUT2D eigenvalue weighted by Gasteiger charge is -2.21. The van der Waals surface area contributed by atoms with Gasteiger partial charge in [-0.15, -0.1) is 0 Å². The number of nitrogens with zero attached hydrogens (tertiary/aromatic N) is 1. The first-order valence-corrected chi connectivity index (χ1v) is 8.32. The molecular weight excluding hydrogens is 278 g/mol. The molecule has 1 aromatic rings. The maximum atomic E-state index is 11.7. The zero-order valence-corrected chi connectivity index (χ0v) is 12.9. The van der Waals surface area contributed by atoms with Crippen LogP contribution in [0, 0.1) is 0 Å². The molecule has 0 saturated heterocycles. The quantitative estimate of drug-likeness (QED) is 0.718. The van der Waals surface area contributed by atoms with Gasteiger partial charge in [-0.2, -0.15) is 0 Å². The summed E-state index contributed by atoms with van der Waals surface area (Å²) in [6.07, 6.45) is 0.530. The minimum Gasteiger partial charge on any atom is -0.465 e. The first kappa shape index (κ1) is 16.5. The molecule has 112 valence electrons. The van der Waals surface area contributed by atoms with Crippen LogP contribution in [0.25, 0.3) is 0 Å². The van der Waals surface area contributed by atoms with Crippen molar-refractivity contribution >= 4 is 21.5 Å². The van der Waals surface area contributed by atoms with E-state index in [1.54, 1.807) is 19.1 Å². The average Bonchev–Trinajstić information content (AvgIpc) is 2.46. The highest BCUT2D eigenvalue weighted by atomic mass is 32.2. The molecule has 0 amide bonds. The van der Waals surface area contributed by atoms with Crippen LogP contribution in [-0.4, -0.2) is 46.6 Å². The predicted molar refractivity (Wildman–Crippen MR) is 80.0 cm³/mol. The minimum atomic E-state index is -2.95. The summed E-state index contributed by atoms with van der Waals surface area (Å²) in [5, 5.41) is 0. The Bertz CT molecular complexity index is 554. The largest absolute Gasteiger partial charge is 0.465 e. The molecule has 1 rings (SSSR count). The Labute approximate surface area is 120 Å². The highest BCUT2D eigenvalue weighted by Gasteiger charge is 2.14. The van der Waals surface area contributed by atoms with Crippen LogP contribution in [0.1, 0.15) is 23.7 Å². The first-order chi connectivity index (χ1) is 9.41. The molecule has 0 aliphatic heterocycles. The molecular formula is C14H21NO4S. The number of benzene rings is 1. The summed E-state index contributed by atoms with van der Waals surface area (Å²) in [7, 11) is 0.227. The van der Waals surface area contributed by atoms with Crippen molar-refractivity contribution in [3.8, 4) is 0 Å². The Morgan fingerprint density at radius 2 is 1.95 bits per heavy atom. The minimum absolute atomic E-state index is 0.161. The van der Waals surface area contributed by atoms with E-state index in [0.717, 1.165) is 5.69 Å². The molecule has 0 N–H and O–H groups in total. The molecule has 0 heterocycles. The Balaban J connectivity index is 2.73. The Kier molecular flexibility index (Phi) is 6.01. The maximum Gasteiger partial charge on any atom is 0.339 e. The van der Waals surface area contributed by atoms with Crippen molar-refractivity contribution < 1.29 is 17.9 Å². The molecule has 0 atom stereocenters. The molecule has 6 heteroatoms. The summed E-state index contributed by atoms with van der Waals surface area (Å²) in [4.78, 5) is 13.5. The van der Waals surface area contributed by atoms with Crippen LogP contribution in [0.3, 0.4) is 0 Å². The molecule has 0 unspecified atom stereocenters. The first-order valence-electron chi connectivity index (χ1n) is 6.50. The van der Waals surface area contributed by atoms with Crippen LogP contribution < -0.4 is 4.90 Å². The van der Waals surface area contributed by atoms with Crippen LogP contribution in [0.15, 0.2) is 24.3 Å². The standard InChI is InChI=1S/C14H21NO4S/c1-4-20(17,18)11-7-10-15(2)13-9-6-5-8-12(13)14(16)19-3/h5-6,8-9H,4,7,10-11H2,1-3H3. The molecule has 0 fully saturated rings. The van der Waals surface area contributed by atoms with Crippen molar-refractivity contribution in [1.29, 1.82) is 0 Å². The van der Waals surface area contributed by atoms with Gasteiger partial charge in [-0.25, -0.2) is 13.2 Å². The molecule has 0 aliphatic rings. The van der Waals surface area contributed by atoms with E-state index in [-0.39, 0.29) is 11.5 Å².